The van der Waals surface area contributed by atoms with Gasteiger partial charge >= 0.3 is 0 Å². The van der Waals surface area contributed by atoms with Gasteiger partial charge in [-0.1, -0.05) is 30.3 Å². The topological polar surface area (TPSA) is 65.7 Å². The highest BCUT2D eigenvalue weighted by molar-refractivity contribution is 8.00. The molecule has 0 N–H and O–H groups in total. The van der Waals surface area contributed by atoms with Crippen molar-refractivity contribution in [1.82, 2.24) is 25.2 Å². The number of hydrogen-bond acceptors (Lipinski definition) is 7. The van der Waals surface area contributed by atoms with Gasteiger partial charge in [-0.25, -0.2) is 9.67 Å². The number of hydrogen-bond donors (Lipinski definition) is 0. The summed E-state index contributed by atoms with van der Waals surface area (Å²) in [5.74, 6) is 0. The van der Waals surface area contributed by atoms with Crippen LogP contribution in [-0.4, -0.2) is 38.9 Å². The van der Waals surface area contributed by atoms with Gasteiger partial charge in [0.05, 0.1) is 5.69 Å². The molecule has 0 spiro atoms. The Morgan fingerprint density at radius 1 is 1.27 bits per heavy atom. The molecule has 0 amide bonds. The van der Waals surface area contributed by atoms with E-state index in [1.807, 2.05) is 18.2 Å². The molecule has 0 aliphatic rings. The molecule has 0 radical (unpaired) electrons. The summed E-state index contributed by atoms with van der Waals surface area (Å²) in [7, 11) is 1.69. The molecular formula is C14H15N5OS2. The Kier molecular flexibility index (Phi) is 5.15. The highest BCUT2D eigenvalue weighted by Crippen LogP contribution is 2.31. The van der Waals surface area contributed by atoms with E-state index in [1.165, 1.54) is 11.8 Å². The Hall–Kier alpha value is -1.77. The molecule has 0 saturated carbocycles. The van der Waals surface area contributed by atoms with Gasteiger partial charge in [0.1, 0.15) is 0 Å². The second-order valence-electron chi connectivity index (χ2n) is 4.50. The molecule has 0 aliphatic heterocycles. The predicted octanol–water partition coefficient (Wildman–Crippen LogP) is 2.98. The monoisotopic (exact) mass is 333 g/mol. The number of ether oxygens (including phenoxy) is 1. The van der Waals surface area contributed by atoms with Crippen molar-refractivity contribution in [2.75, 3.05) is 13.7 Å². The zero-order valence-electron chi connectivity index (χ0n) is 12.0. The molecule has 0 fully saturated rings. The Labute approximate surface area is 136 Å². The fraction of sp³-hybridized carbons (Fsp3) is 0.286. The van der Waals surface area contributed by atoms with Gasteiger partial charge in [-0.15, -0.1) is 16.4 Å². The van der Waals surface area contributed by atoms with E-state index >= 15 is 0 Å². The lowest BCUT2D eigenvalue weighted by Crippen LogP contribution is -2.04. The maximum absolute atomic E-state index is 5.05. The van der Waals surface area contributed by atoms with Crippen LogP contribution in [0.1, 0.15) is 6.42 Å². The van der Waals surface area contributed by atoms with E-state index in [9.17, 15) is 0 Å². The van der Waals surface area contributed by atoms with Crippen LogP contribution >= 0.6 is 23.1 Å². The van der Waals surface area contributed by atoms with Crippen molar-refractivity contribution in [2.24, 2.45) is 0 Å². The number of thiazole rings is 1. The van der Waals surface area contributed by atoms with Gasteiger partial charge in [0.25, 0.3) is 0 Å². The van der Waals surface area contributed by atoms with Crippen molar-refractivity contribution in [3.63, 3.8) is 0 Å². The molecule has 0 unspecified atom stereocenters. The van der Waals surface area contributed by atoms with E-state index < -0.39 is 0 Å². The zero-order chi connectivity index (χ0) is 15.2. The van der Waals surface area contributed by atoms with Gasteiger partial charge in [-0.05, 0) is 28.6 Å². The lowest BCUT2D eigenvalue weighted by atomic mass is 10.2. The van der Waals surface area contributed by atoms with E-state index in [1.54, 1.807) is 23.1 Å². The van der Waals surface area contributed by atoms with Crippen LogP contribution in [0.4, 0.5) is 0 Å². The van der Waals surface area contributed by atoms with E-state index in [4.69, 9.17) is 4.74 Å². The lowest BCUT2D eigenvalue weighted by Gasteiger charge is -2.02. The van der Waals surface area contributed by atoms with Crippen LogP contribution in [-0.2, 0) is 11.3 Å². The number of tetrazole rings is 1. The third-order valence-electron chi connectivity index (χ3n) is 2.95. The molecule has 3 rings (SSSR count). The van der Waals surface area contributed by atoms with Crippen LogP contribution in [0.15, 0.2) is 45.2 Å². The molecule has 2 heterocycles. The summed E-state index contributed by atoms with van der Waals surface area (Å²) in [6, 6.07) is 10.1. The maximum atomic E-state index is 5.05. The summed E-state index contributed by atoms with van der Waals surface area (Å²) >= 11 is 3.09. The average Bonchev–Trinajstić information content (AvgIpc) is 3.19. The maximum Gasteiger partial charge on any atom is 0.216 e. The lowest BCUT2D eigenvalue weighted by molar-refractivity contribution is 0.187. The normalized spacial score (nSPS) is 11.0. The summed E-state index contributed by atoms with van der Waals surface area (Å²) in [4.78, 5) is 4.64. The molecule has 8 heteroatoms. The Bertz CT molecular complexity index is 713. The number of methoxy groups -OCH3 is 1. The molecule has 1 aromatic carbocycles. The molecule has 6 nitrogen and oxygen atoms in total. The smallest absolute Gasteiger partial charge is 0.216 e. The van der Waals surface area contributed by atoms with Crippen molar-refractivity contribution in [3.05, 3.63) is 35.7 Å². The molecule has 0 saturated heterocycles. The minimum absolute atomic E-state index is 0.694. The van der Waals surface area contributed by atoms with Gasteiger partial charge in [-0.2, -0.15) is 0 Å². The van der Waals surface area contributed by atoms with Crippen molar-refractivity contribution in [2.45, 2.75) is 22.5 Å². The predicted molar refractivity (Wildman–Crippen MR) is 86.0 cm³/mol. The van der Waals surface area contributed by atoms with E-state index in [0.717, 1.165) is 33.7 Å². The Morgan fingerprint density at radius 3 is 2.95 bits per heavy atom. The highest BCUT2D eigenvalue weighted by Gasteiger charge is 2.11. The van der Waals surface area contributed by atoms with Crippen molar-refractivity contribution >= 4 is 23.1 Å². The second kappa shape index (κ2) is 7.48. The zero-order valence-corrected chi connectivity index (χ0v) is 13.7. The first-order valence-electron chi connectivity index (χ1n) is 6.81. The fourth-order valence-electron chi connectivity index (χ4n) is 1.89. The third kappa shape index (κ3) is 3.70. The fourth-order valence-corrected chi connectivity index (χ4v) is 3.62. The van der Waals surface area contributed by atoms with Crippen LogP contribution in [0, 0.1) is 0 Å². The van der Waals surface area contributed by atoms with Crippen LogP contribution in [0.25, 0.3) is 11.3 Å². The van der Waals surface area contributed by atoms with Crippen molar-refractivity contribution in [1.29, 1.82) is 0 Å². The van der Waals surface area contributed by atoms with Gasteiger partial charge in [0.15, 0.2) is 4.34 Å². The number of nitrogens with zero attached hydrogens (tertiary/aromatic N) is 5. The summed E-state index contributed by atoms with van der Waals surface area (Å²) in [5, 5.41) is 14.6. The molecule has 3 aromatic rings. The number of rotatable bonds is 7. The van der Waals surface area contributed by atoms with Gasteiger partial charge in [0, 0.05) is 31.2 Å². The first-order valence-corrected chi connectivity index (χ1v) is 8.50. The third-order valence-corrected chi connectivity index (χ3v) is 4.86. The van der Waals surface area contributed by atoms with Crippen LogP contribution in [0.3, 0.4) is 0 Å². The van der Waals surface area contributed by atoms with Gasteiger partial charge < -0.3 is 4.74 Å². The molecule has 0 atom stereocenters. The molecule has 2 aromatic heterocycles. The Balaban J connectivity index is 1.69. The van der Waals surface area contributed by atoms with Crippen LogP contribution in [0.5, 0.6) is 0 Å². The van der Waals surface area contributed by atoms with Crippen LogP contribution in [0.2, 0.25) is 0 Å². The van der Waals surface area contributed by atoms with E-state index in [0.29, 0.717) is 6.61 Å². The van der Waals surface area contributed by atoms with Gasteiger partial charge in [0.2, 0.25) is 5.16 Å². The molecular weight excluding hydrogens is 318 g/mol. The summed E-state index contributed by atoms with van der Waals surface area (Å²) in [5.41, 5.74) is 2.09. The second-order valence-corrected chi connectivity index (χ2v) is 6.57. The molecule has 114 valence electrons. The standard InChI is InChI=1S/C14H15N5OS2/c1-20-9-5-8-19-13(16-17-18-19)22-14-15-12(10-21-14)11-6-3-2-4-7-11/h2-4,6-7,10H,5,8-9H2,1H3. The molecule has 0 bridgehead atoms. The molecule has 22 heavy (non-hydrogen) atoms. The van der Waals surface area contributed by atoms with E-state index in [-0.39, 0.29) is 0 Å². The van der Waals surface area contributed by atoms with Crippen molar-refractivity contribution < 1.29 is 4.74 Å². The highest BCUT2D eigenvalue weighted by atomic mass is 32.2. The quantitative estimate of drug-likeness (QED) is 0.619. The minimum atomic E-state index is 0.694. The summed E-state index contributed by atoms with van der Waals surface area (Å²) in [6.07, 6.45) is 0.877. The van der Waals surface area contributed by atoms with Crippen LogP contribution < -0.4 is 0 Å². The number of benzene rings is 1. The number of aryl methyl sites for hydroxylation is 1. The minimum Gasteiger partial charge on any atom is -0.385 e. The summed E-state index contributed by atoms with van der Waals surface area (Å²) < 4.78 is 7.77. The summed E-state index contributed by atoms with van der Waals surface area (Å²) in [6.45, 7) is 1.43. The first-order chi connectivity index (χ1) is 10.9. The molecule has 0 aliphatic carbocycles. The average molecular weight is 333 g/mol. The van der Waals surface area contributed by atoms with Crippen molar-refractivity contribution in [3.8, 4) is 11.3 Å². The van der Waals surface area contributed by atoms with E-state index in [2.05, 4.69) is 38.0 Å². The number of aromatic nitrogens is 5. The first kappa shape index (κ1) is 15.1. The van der Waals surface area contributed by atoms with Gasteiger partial charge in [-0.3, -0.25) is 0 Å². The largest absolute Gasteiger partial charge is 0.385 e. The SMILES string of the molecule is COCCCn1nnnc1Sc1nc(-c2ccccc2)cs1. The Morgan fingerprint density at radius 2 is 2.14 bits per heavy atom.